The molecule has 1 atom stereocenters. The molecule has 1 aromatic rings. The summed E-state index contributed by atoms with van der Waals surface area (Å²) in [7, 11) is -3.73. The van der Waals surface area contributed by atoms with Gasteiger partial charge in [-0.15, -0.1) is 0 Å². The molecule has 0 aliphatic heterocycles. The highest BCUT2D eigenvalue weighted by atomic mass is 32.2. The molecular formula is C11H20N2O3S. The van der Waals surface area contributed by atoms with Crippen LogP contribution in [0.25, 0.3) is 0 Å². The molecule has 3 N–H and O–H groups in total. The van der Waals surface area contributed by atoms with Crippen molar-refractivity contribution in [2.75, 3.05) is 6.54 Å². The zero-order chi connectivity index (χ0) is 13.1. The van der Waals surface area contributed by atoms with Crippen LogP contribution >= 0.6 is 0 Å². The molecule has 0 saturated heterocycles. The van der Waals surface area contributed by atoms with E-state index in [-0.39, 0.29) is 5.09 Å². The van der Waals surface area contributed by atoms with Gasteiger partial charge in [0.25, 0.3) is 10.0 Å². The number of rotatable bonds is 6. The Morgan fingerprint density at radius 1 is 1.35 bits per heavy atom. The van der Waals surface area contributed by atoms with Gasteiger partial charge >= 0.3 is 0 Å². The van der Waals surface area contributed by atoms with Crippen LogP contribution in [0.4, 0.5) is 0 Å². The van der Waals surface area contributed by atoms with Gasteiger partial charge in [0.2, 0.25) is 5.09 Å². The summed E-state index contributed by atoms with van der Waals surface area (Å²) in [6, 6.07) is 2.99. The van der Waals surface area contributed by atoms with Crippen molar-refractivity contribution in [1.29, 1.82) is 0 Å². The third kappa shape index (κ3) is 4.49. The molecule has 0 aromatic carbocycles. The van der Waals surface area contributed by atoms with Gasteiger partial charge in [-0.05, 0) is 30.5 Å². The van der Waals surface area contributed by atoms with Gasteiger partial charge < -0.3 is 9.73 Å². The van der Waals surface area contributed by atoms with E-state index in [9.17, 15) is 8.42 Å². The number of sulfonamides is 1. The van der Waals surface area contributed by atoms with Gasteiger partial charge in [0, 0.05) is 0 Å². The maximum absolute atomic E-state index is 11.0. The normalized spacial score (nSPS) is 14.2. The molecule has 0 aliphatic rings. The second-order valence-electron chi connectivity index (χ2n) is 4.62. The number of nitrogens with one attached hydrogen (secondary N) is 1. The van der Waals surface area contributed by atoms with E-state index < -0.39 is 10.0 Å². The summed E-state index contributed by atoms with van der Waals surface area (Å²) in [5.74, 6) is 1.74. The molecule has 1 unspecified atom stereocenters. The van der Waals surface area contributed by atoms with Crippen LogP contribution in [0.5, 0.6) is 0 Å². The molecule has 1 heterocycles. The topological polar surface area (TPSA) is 85.3 Å². The van der Waals surface area contributed by atoms with Gasteiger partial charge in [0.05, 0.1) is 6.54 Å². The van der Waals surface area contributed by atoms with Crippen molar-refractivity contribution in [2.24, 2.45) is 17.0 Å². The number of hydrogen-bond donors (Lipinski definition) is 2. The van der Waals surface area contributed by atoms with E-state index in [4.69, 9.17) is 9.56 Å². The lowest BCUT2D eigenvalue weighted by Gasteiger charge is -2.15. The Kier molecular flexibility index (Phi) is 4.73. The Bertz CT molecular complexity index is 451. The minimum atomic E-state index is -3.73. The van der Waals surface area contributed by atoms with E-state index >= 15 is 0 Å². The first-order valence-electron chi connectivity index (χ1n) is 5.63. The van der Waals surface area contributed by atoms with E-state index in [0.29, 0.717) is 24.1 Å². The number of nitrogens with two attached hydrogens (primary N) is 1. The van der Waals surface area contributed by atoms with Gasteiger partial charge in [-0.25, -0.2) is 13.6 Å². The van der Waals surface area contributed by atoms with E-state index in [1.165, 1.54) is 6.07 Å². The summed E-state index contributed by atoms with van der Waals surface area (Å²) in [6.07, 6.45) is 0. The number of primary sulfonamides is 1. The summed E-state index contributed by atoms with van der Waals surface area (Å²) in [4.78, 5) is 0. The van der Waals surface area contributed by atoms with Crippen LogP contribution in [-0.2, 0) is 16.6 Å². The van der Waals surface area contributed by atoms with E-state index in [1.54, 1.807) is 6.07 Å². The quantitative estimate of drug-likeness (QED) is 0.807. The van der Waals surface area contributed by atoms with Crippen LogP contribution in [-0.4, -0.2) is 15.0 Å². The standard InChI is InChI=1S/C11H20N2O3S/c1-8(2)9(3)6-13-7-10-4-5-11(16-10)17(12,14)15/h4-5,8-9,13H,6-7H2,1-3H3,(H2,12,14,15). The van der Waals surface area contributed by atoms with E-state index in [1.807, 2.05) is 0 Å². The van der Waals surface area contributed by atoms with Crippen LogP contribution in [0.15, 0.2) is 21.6 Å². The van der Waals surface area contributed by atoms with Crippen molar-refractivity contribution in [1.82, 2.24) is 5.32 Å². The van der Waals surface area contributed by atoms with Crippen molar-refractivity contribution in [3.8, 4) is 0 Å². The Labute approximate surface area is 102 Å². The fourth-order valence-electron chi connectivity index (χ4n) is 1.26. The van der Waals surface area contributed by atoms with Crippen LogP contribution in [0.1, 0.15) is 26.5 Å². The minimum Gasteiger partial charge on any atom is -0.447 e. The van der Waals surface area contributed by atoms with Crippen molar-refractivity contribution in [3.63, 3.8) is 0 Å². The highest BCUT2D eigenvalue weighted by Gasteiger charge is 2.13. The molecule has 0 aliphatic carbocycles. The molecule has 1 aromatic heterocycles. The Hall–Kier alpha value is -0.850. The lowest BCUT2D eigenvalue weighted by Crippen LogP contribution is -2.23. The monoisotopic (exact) mass is 260 g/mol. The average molecular weight is 260 g/mol. The maximum Gasteiger partial charge on any atom is 0.271 e. The van der Waals surface area contributed by atoms with Crippen LogP contribution < -0.4 is 10.5 Å². The minimum absolute atomic E-state index is 0.189. The van der Waals surface area contributed by atoms with Crippen LogP contribution in [0, 0.1) is 11.8 Å². The zero-order valence-corrected chi connectivity index (χ0v) is 11.3. The number of hydrogen-bond acceptors (Lipinski definition) is 4. The Morgan fingerprint density at radius 2 is 2.00 bits per heavy atom. The van der Waals surface area contributed by atoms with Gasteiger partial charge in [0.15, 0.2) is 0 Å². The smallest absolute Gasteiger partial charge is 0.271 e. The Balaban J connectivity index is 2.46. The molecule has 1 rings (SSSR count). The van der Waals surface area contributed by atoms with Gasteiger partial charge in [-0.1, -0.05) is 20.8 Å². The lowest BCUT2D eigenvalue weighted by atomic mass is 9.98. The molecule has 5 nitrogen and oxygen atoms in total. The molecule has 0 saturated carbocycles. The predicted octanol–water partition coefficient (Wildman–Crippen LogP) is 1.31. The molecule has 0 fully saturated rings. The summed E-state index contributed by atoms with van der Waals surface area (Å²) >= 11 is 0. The van der Waals surface area contributed by atoms with Gasteiger partial charge in [-0.3, -0.25) is 0 Å². The predicted molar refractivity (Wildman–Crippen MR) is 65.8 cm³/mol. The van der Waals surface area contributed by atoms with E-state index in [0.717, 1.165) is 6.54 Å². The first kappa shape index (κ1) is 14.2. The summed E-state index contributed by atoms with van der Waals surface area (Å²) in [5, 5.41) is 7.97. The molecule has 17 heavy (non-hydrogen) atoms. The highest BCUT2D eigenvalue weighted by Crippen LogP contribution is 2.12. The van der Waals surface area contributed by atoms with E-state index in [2.05, 4.69) is 26.1 Å². The van der Waals surface area contributed by atoms with Crippen molar-refractivity contribution in [3.05, 3.63) is 17.9 Å². The van der Waals surface area contributed by atoms with Crippen molar-refractivity contribution < 1.29 is 12.8 Å². The first-order valence-corrected chi connectivity index (χ1v) is 7.17. The molecule has 0 bridgehead atoms. The molecule has 98 valence electrons. The van der Waals surface area contributed by atoms with Crippen LogP contribution in [0.3, 0.4) is 0 Å². The maximum atomic E-state index is 11.0. The SMILES string of the molecule is CC(C)C(C)CNCc1ccc(S(N)(=O)=O)o1. The van der Waals surface area contributed by atoms with Crippen LogP contribution in [0.2, 0.25) is 0 Å². The molecule has 0 amide bonds. The average Bonchev–Trinajstić information content (AvgIpc) is 2.65. The highest BCUT2D eigenvalue weighted by molar-refractivity contribution is 7.89. The molecule has 6 heteroatoms. The van der Waals surface area contributed by atoms with Gasteiger partial charge in [0.1, 0.15) is 5.76 Å². The zero-order valence-electron chi connectivity index (χ0n) is 10.4. The van der Waals surface area contributed by atoms with Gasteiger partial charge in [-0.2, -0.15) is 0 Å². The fraction of sp³-hybridized carbons (Fsp3) is 0.636. The lowest BCUT2D eigenvalue weighted by molar-refractivity contribution is 0.365. The summed E-state index contributed by atoms with van der Waals surface area (Å²) in [5.41, 5.74) is 0. The summed E-state index contributed by atoms with van der Waals surface area (Å²) in [6.45, 7) is 7.86. The third-order valence-corrected chi connectivity index (χ3v) is 3.60. The number of furan rings is 1. The Morgan fingerprint density at radius 3 is 2.47 bits per heavy atom. The fourth-order valence-corrected chi connectivity index (χ4v) is 1.75. The molecule has 0 spiro atoms. The second-order valence-corrected chi connectivity index (χ2v) is 6.11. The van der Waals surface area contributed by atoms with Crippen molar-refractivity contribution >= 4 is 10.0 Å². The van der Waals surface area contributed by atoms with Crippen molar-refractivity contribution in [2.45, 2.75) is 32.4 Å². The third-order valence-electron chi connectivity index (χ3n) is 2.82. The second kappa shape index (κ2) is 5.66. The largest absolute Gasteiger partial charge is 0.447 e. The molecular weight excluding hydrogens is 240 g/mol. The first-order chi connectivity index (χ1) is 7.80. The summed E-state index contributed by atoms with van der Waals surface area (Å²) < 4.78 is 27.1. The molecule has 0 radical (unpaired) electrons.